The first kappa shape index (κ1) is 11.3. The summed E-state index contributed by atoms with van der Waals surface area (Å²) in [5.74, 6) is -0.470. The van der Waals surface area contributed by atoms with Crippen LogP contribution < -0.4 is 5.73 Å². The minimum absolute atomic E-state index is 0.0888. The Kier molecular flexibility index (Phi) is 3.36. The van der Waals surface area contributed by atoms with Crippen LogP contribution >= 0.6 is 11.6 Å². The van der Waals surface area contributed by atoms with E-state index in [1.807, 2.05) is 6.08 Å². The van der Waals surface area contributed by atoms with Crippen LogP contribution in [0.3, 0.4) is 0 Å². The maximum absolute atomic E-state index is 13.4. The second kappa shape index (κ2) is 4.76. The Labute approximate surface area is 98.6 Å². The molecule has 1 aliphatic carbocycles. The van der Waals surface area contributed by atoms with Gasteiger partial charge in [0.1, 0.15) is 0 Å². The number of hydrogen-bond acceptors (Lipinski definition) is 2. The highest BCUT2D eigenvalue weighted by Crippen LogP contribution is 2.34. The minimum atomic E-state index is -0.470. The van der Waals surface area contributed by atoms with E-state index in [-0.39, 0.29) is 5.15 Å². The largest absolute Gasteiger partial charge is 0.330 e. The van der Waals surface area contributed by atoms with Crippen molar-refractivity contribution in [1.29, 1.82) is 0 Å². The number of nitrogens with zero attached hydrogens (tertiary/aromatic N) is 1. The zero-order chi connectivity index (χ0) is 11.5. The number of hydrogen-bond donors (Lipinski definition) is 1. The van der Waals surface area contributed by atoms with E-state index >= 15 is 0 Å². The summed E-state index contributed by atoms with van der Waals surface area (Å²) in [6.07, 6.45) is 7.06. The quantitative estimate of drug-likeness (QED) is 0.820. The molecular formula is C12H12ClFN2. The van der Waals surface area contributed by atoms with E-state index in [0.29, 0.717) is 12.1 Å². The standard InChI is InChI=1S/C12H12ClFN2/c13-12-11(14)8(4-6-16-12)1-2-9-7-10(9)3-5-15/h1-2,4,6H,3,5,7,15H2/b2-1+. The monoisotopic (exact) mass is 238 g/mol. The lowest BCUT2D eigenvalue weighted by Crippen LogP contribution is -1.95. The first-order valence-corrected chi connectivity index (χ1v) is 5.49. The van der Waals surface area contributed by atoms with Crippen LogP contribution in [0.25, 0.3) is 6.08 Å². The first-order valence-electron chi connectivity index (χ1n) is 5.11. The topological polar surface area (TPSA) is 38.9 Å². The normalized spacial score (nSPS) is 14.9. The lowest BCUT2D eigenvalue weighted by molar-refractivity contribution is 0.619. The molecule has 16 heavy (non-hydrogen) atoms. The molecule has 4 heteroatoms. The van der Waals surface area contributed by atoms with E-state index in [0.717, 1.165) is 12.8 Å². The van der Waals surface area contributed by atoms with Gasteiger partial charge in [0.2, 0.25) is 0 Å². The van der Waals surface area contributed by atoms with Gasteiger partial charge in [0.25, 0.3) is 0 Å². The highest BCUT2D eigenvalue weighted by molar-refractivity contribution is 6.29. The number of allylic oxidation sites excluding steroid dienone is 2. The molecule has 0 atom stereocenters. The van der Waals surface area contributed by atoms with Crippen LogP contribution in [-0.2, 0) is 0 Å². The summed E-state index contributed by atoms with van der Waals surface area (Å²) in [6, 6.07) is 1.60. The highest BCUT2D eigenvalue weighted by Gasteiger charge is 2.17. The van der Waals surface area contributed by atoms with Crippen LogP contribution in [0.5, 0.6) is 0 Å². The summed E-state index contributed by atoms with van der Waals surface area (Å²) in [7, 11) is 0. The highest BCUT2D eigenvalue weighted by atomic mass is 35.5. The maximum atomic E-state index is 13.4. The Morgan fingerprint density at radius 1 is 1.50 bits per heavy atom. The van der Waals surface area contributed by atoms with E-state index in [1.54, 1.807) is 12.1 Å². The van der Waals surface area contributed by atoms with E-state index < -0.39 is 5.82 Å². The van der Waals surface area contributed by atoms with Crippen molar-refractivity contribution in [2.75, 3.05) is 6.54 Å². The van der Waals surface area contributed by atoms with Crippen LogP contribution in [0.2, 0.25) is 5.15 Å². The van der Waals surface area contributed by atoms with Crippen molar-refractivity contribution in [3.8, 4) is 0 Å². The minimum Gasteiger partial charge on any atom is -0.330 e. The zero-order valence-corrected chi connectivity index (χ0v) is 9.47. The number of pyridine rings is 1. The Bertz CT molecular complexity index is 466. The molecule has 0 aromatic carbocycles. The van der Waals surface area contributed by atoms with E-state index in [9.17, 15) is 4.39 Å². The molecule has 0 fully saturated rings. The van der Waals surface area contributed by atoms with Crippen molar-refractivity contribution in [1.82, 2.24) is 4.98 Å². The molecule has 0 saturated carbocycles. The van der Waals surface area contributed by atoms with Crippen LogP contribution in [-0.4, -0.2) is 11.5 Å². The lowest BCUT2D eigenvalue weighted by Gasteiger charge is -1.96. The molecule has 1 aromatic heterocycles. The van der Waals surface area contributed by atoms with Crippen LogP contribution in [0, 0.1) is 5.82 Å². The second-order valence-corrected chi connectivity index (χ2v) is 4.04. The van der Waals surface area contributed by atoms with Crippen molar-refractivity contribution in [3.05, 3.63) is 46.0 Å². The van der Waals surface area contributed by atoms with Gasteiger partial charge in [0.15, 0.2) is 11.0 Å². The lowest BCUT2D eigenvalue weighted by atomic mass is 10.2. The van der Waals surface area contributed by atoms with Gasteiger partial charge >= 0.3 is 0 Å². The average molecular weight is 239 g/mol. The van der Waals surface area contributed by atoms with Crippen molar-refractivity contribution in [2.24, 2.45) is 5.73 Å². The third kappa shape index (κ3) is 2.49. The molecule has 0 amide bonds. The summed E-state index contributed by atoms with van der Waals surface area (Å²) in [5.41, 5.74) is 8.51. The number of halogens is 2. The molecule has 2 N–H and O–H groups in total. The summed E-state index contributed by atoms with van der Waals surface area (Å²) in [6.45, 7) is 0.669. The van der Waals surface area contributed by atoms with E-state index in [2.05, 4.69) is 4.98 Å². The van der Waals surface area contributed by atoms with Crippen LogP contribution in [0.1, 0.15) is 18.4 Å². The summed E-state index contributed by atoms with van der Waals surface area (Å²) in [5, 5.41) is -0.0888. The van der Waals surface area contributed by atoms with Crippen molar-refractivity contribution < 1.29 is 4.39 Å². The molecule has 0 radical (unpaired) electrons. The molecule has 0 saturated heterocycles. The fourth-order valence-corrected chi connectivity index (χ4v) is 1.70. The van der Waals surface area contributed by atoms with Gasteiger partial charge < -0.3 is 5.73 Å². The van der Waals surface area contributed by atoms with Gasteiger partial charge in [-0.15, -0.1) is 0 Å². The van der Waals surface area contributed by atoms with Gasteiger partial charge in [-0.05, 0) is 31.0 Å². The van der Waals surface area contributed by atoms with Gasteiger partial charge in [-0.2, -0.15) is 0 Å². The Morgan fingerprint density at radius 3 is 3.06 bits per heavy atom. The fraction of sp³-hybridized carbons (Fsp3) is 0.250. The summed E-state index contributed by atoms with van der Waals surface area (Å²) < 4.78 is 13.4. The predicted octanol–water partition coefficient (Wildman–Crippen LogP) is 2.94. The van der Waals surface area contributed by atoms with Gasteiger partial charge in [0.05, 0.1) is 0 Å². The molecule has 0 aliphatic heterocycles. The Hall–Kier alpha value is -1.19. The van der Waals surface area contributed by atoms with Gasteiger partial charge in [-0.3, -0.25) is 0 Å². The summed E-state index contributed by atoms with van der Waals surface area (Å²) in [4.78, 5) is 3.65. The molecule has 1 aromatic rings. The SMILES string of the molecule is NCCC1=C(/C=C/c2ccnc(Cl)c2F)C1. The number of rotatable bonds is 4. The van der Waals surface area contributed by atoms with Crippen molar-refractivity contribution in [3.63, 3.8) is 0 Å². The Balaban J connectivity index is 2.11. The molecule has 0 spiro atoms. The van der Waals surface area contributed by atoms with Gasteiger partial charge in [-0.1, -0.05) is 29.3 Å². The molecule has 0 bridgehead atoms. The number of aromatic nitrogens is 1. The van der Waals surface area contributed by atoms with Crippen LogP contribution in [0.15, 0.2) is 29.5 Å². The van der Waals surface area contributed by atoms with Crippen molar-refractivity contribution >= 4 is 17.7 Å². The predicted molar refractivity (Wildman–Crippen MR) is 63.6 cm³/mol. The first-order chi connectivity index (χ1) is 7.72. The van der Waals surface area contributed by atoms with Crippen molar-refractivity contribution in [2.45, 2.75) is 12.8 Å². The molecule has 0 unspecified atom stereocenters. The summed E-state index contributed by atoms with van der Waals surface area (Å²) >= 11 is 5.57. The molecule has 1 aliphatic rings. The van der Waals surface area contributed by atoms with Crippen LogP contribution in [0.4, 0.5) is 4.39 Å². The Morgan fingerprint density at radius 2 is 2.31 bits per heavy atom. The molecule has 1 heterocycles. The molecular weight excluding hydrogens is 227 g/mol. The molecule has 2 rings (SSSR count). The third-order valence-electron chi connectivity index (χ3n) is 2.52. The fourth-order valence-electron chi connectivity index (χ4n) is 1.54. The molecule has 2 nitrogen and oxygen atoms in total. The average Bonchev–Trinajstić information content (AvgIpc) is 3.00. The van der Waals surface area contributed by atoms with E-state index in [4.69, 9.17) is 17.3 Å². The number of nitrogens with two attached hydrogens (primary N) is 1. The molecule has 84 valence electrons. The smallest absolute Gasteiger partial charge is 0.167 e. The maximum Gasteiger partial charge on any atom is 0.167 e. The third-order valence-corrected chi connectivity index (χ3v) is 2.78. The van der Waals surface area contributed by atoms with Gasteiger partial charge in [-0.25, -0.2) is 9.37 Å². The zero-order valence-electron chi connectivity index (χ0n) is 8.71. The second-order valence-electron chi connectivity index (χ2n) is 3.68. The van der Waals surface area contributed by atoms with E-state index in [1.165, 1.54) is 17.3 Å². The van der Waals surface area contributed by atoms with Gasteiger partial charge in [0, 0.05) is 11.8 Å².